The minimum Gasteiger partial charge on any atom is -0.364 e. The van der Waals surface area contributed by atoms with Gasteiger partial charge in [-0.25, -0.2) is 16.8 Å². The summed E-state index contributed by atoms with van der Waals surface area (Å²) in [5, 5.41) is 3.94. The molecule has 4 aliphatic rings. The standard InChI is InChI=1S/2C24H25NO3S/c2*1-18-12-14-20(15-13-18)29(26,27)25(17-24-16-5-4-11-23(24)28-24)22-10-6-8-19-7-2-3-9-21(19)22/h2*2-3,6-10,12-15,23H,4-5,11,16-17H2,1H3/t2*23-,24-/m11/s1. The lowest BCUT2D eigenvalue weighted by atomic mass is 9.89. The fourth-order valence-electron chi connectivity index (χ4n) is 9.14. The van der Waals surface area contributed by atoms with Gasteiger partial charge in [-0.3, -0.25) is 8.61 Å². The van der Waals surface area contributed by atoms with E-state index in [1.165, 1.54) is 0 Å². The molecule has 10 heteroatoms. The van der Waals surface area contributed by atoms with Gasteiger partial charge in [0.1, 0.15) is 11.2 Å². The van der Waals surface area contributed by atoms with Crippen molar-refractivity contribution in [3.05, 3.63) is 145 Å². The van der Waals surface area contributed by atoms with Crippen molar-refractivity contribution in [3.63, 3.8) is 0 Å². The number of sulfonamides is 2. The Labute approximate surface area is 342 Å². The van der Waals surface area contributed by atoms with E-state index in [9.17, 15) is 16.8 Å². The van der Waals surface area contributed by atoms with E-state index in [1.54, 1.807) is 32.9 Å². The number of nitrogens with zero attached hydrogens (tertiary/aromatic N) is 2. The summed E-state index contributed by atoms with van der Waals surface area (Å²) in [6.07, 6.45) is 8.74. The molecule has 0 N–H and O–H groups in total. The maximum absolute atomic E-state index is 13.8. The van der Waals surface area contributed by atoms with Gasteiger partial charge in [0.25, 0.3) is 20.0 Å². The first-order valence-electron chi connectivity index (χ1n) is 20.5. The van der Waals surface area contributed by atoms with Gasteiger partial charge in [-0.1, -0.05) is 134 Å². The molecular formula is C48H50N2O6S2. The van der Waals surface area contributed by atoms with E-state index >= 15 is 0 Å². The average Bonchev–Trinajstić information content (AvgIpc) is 4.16. The van der Waals surface area contributed by atoms with E-state index in [1.807, 2.05) is 123 Å². The summed E-state index contributed by atoms with van der Waals surface area (Å²) in [7, 11) is -7.44. The molecule has 2 aliphatic carbocycles. The maximum Gasteiger partial charge on any atom is 0.264 e. The molecule has 2 heterocycles. The molecule has 4 atom stereocenters. The first-order chi connectivity index (χ1) is 28.0. The molecule has 2 saturated carbocycles. The number of epoxide rings is 2. The van der Waals surface area contributed by atoms with Crippen molar-refractivity contribution in [2.45, 2.75) is 98.4 Å². The molecule has 0 amide bonds. The third-order valence-electron chi connectivity index (χ3n) is 12.6. The van der Waals surface area contributed by atoms with Crippen LogP contribution < -0.4 is 8.61 Å². The van der Waals surface area contributed by atoms with E-state index in [2.05, 4.69) is 0 Å². The normalized spacial score (nSPS) is 23.6. The van der Waals surface area contributed by atoms with E-state index in [0.717, 1.165) is 95.4 Å². The number of ether oxygens (including phenoxy) is 2. The van der Waals surface area contributed by atoms with Gasteiger partial charge < -0.3 is 9.47 Å². The second kappa shape index (κ2) is 15.1. The van der Waals surface area contributed by atoms with Gasteiger partial charge in [-0.2, -0.15) is 0 Å². The number of anilines is 2. The second-order valence-electron chi connectivity index (χ2n) is 16.5. The minimum atomic E-state index is -3.72. The van der Waals surface area contributed by atoms with Crippen LogP contribution in [0.3, 0.4) is 0 Å². The lowest BCUT2D eigenvalue weighted by Gasteiger charge is -2.30. The fraction of sp³-hybridized carbons (Fsp3) is 0.333. The van der Waals surface area contributed by atoms with Gasteiger partial charge in [0.05, 0.1) is 46.5 Å². The lowest BCUT2D eigenvalue weighted by molar-refractivity contribution is 0.292. The van der Waals surface area contributed by atoms with Crippen molar-refractivity contribution < 1.29 is 26.3 Å². The Kier molecular flexibility index (Phi) is 10.1. The summed E-state index contributed by atoms with van der Waals surface area (Å²) in [5.74, 6) is 0. The molecular weight excluding hydrogens is 765 g/mol. The van der Waals surface area contributed by atoms with Crippen molar-refractivity contribution in [2.24, 2.45) is 0 Å². The molecule has 6 aromatic carbocycles. The number of benzene rings is 6. The third kappa shape index (κ3) is 7.29. The van der Waals surface area contributed by atoms with Crippen LogP contribution in [0.5, 0.6) is 0 Å². The topological polar surface area (TPSA) is 99.8 Å². The van der Waals surface area contributed by atoms with E-state index < -0.39 is 20.0 Å². The number of hydrogen-bond acceptors (Lipinski definition) is 6. The van der Waals surface area contributed by atoms with Crippen LogP contribution in [0.4, 0.5) is 11.4 Å². The Balaban J connectivity index is 0.000000150. The quantitative estimate of drug-likeness (QED) is 0.128. The molecule has 0 aromatic heterocycles. The molecule has 58 heavy (non-hydrogen) atoms. The van der Waals surface area contributed by atoms with E-state index in [-0.39, 0.29) is 23.4 Å². The van der Waals surface area contributed by atoms with Crippen LogP contribution in [0.25, 0.3) is 21.5 Å². The van der Waals surface area contributed by atoms with Crippen LogP contribution >= 0.6 is 0 Å². The molecule has 0 bridgehead atoms. The molecule has 0 unspecified atom stereocenters. The summed E-state index contributed by atoms with van der Waals surface area (Å²) in [6.45, 7) is 4.65. The highest BCUT2D eigenvalue weighted by Gasteiger charge is 2.60. The van der Waals surface area contributed by atoms with Gasteiger partial charge in [-0.05, 0) is 86.7 Å². The Morgan fingerprint density at radius 1 is 0.500 bits per heavy atom. The molecule has 0 spiro atoms. The smallest absolute Gasteiger partial charge is 0.264 e. The molecule has 4 fully saturated rings. The van der Waals surface area contributed by atoms with Crippen LogP contribution in [0.15, 0.2) is 143 Å². The summed E-state index contributed by atoms with van der Waals surface area (Å²) >= 11 is 0. The van der Waals surface area contributed by atoms with Gasteiger partial charge in [0.2, 0.25) is 0 Å². The van der Waals surface area contributed by atoms with Crippen molar-refractivity contribution in [1.29, 1.82) is 0 Å². The zero-order chi connectivity index (χ0) is 40.1. The number of hydrogen-bond donors (Lipinski definition) is 0. The van der Waals surface area contributed by atoms with Gasteiger partial charge >= 0.3 is 0 Å². The maximum atomic E-state index is 13.8. The summed E-state index contributed by atoms with van der Waals surface area (Å²) in [5.41, 5.74) is 2.84. The Hall–Kier alpha value is -4.74. The van der Waals surface area contributed by atoms with Crippen LogP contribution in [-0.2, 0) is 29.5 Å². The molecule has 2 saturated heterocycles. The highest BCUT2D eigenvalue weighted by atomic mass is 32.2. The van der Waals surface area contributed by atoms with Crippen molar-refractivity contribution >= 4 is 53.0 Å². The molecule has 6 aromatic rings. The fourth-order valence-corrected chi connectivity index (χ4v) is 12.2. The van der Waals surface area contributed by atoms with Crippen molar-refractivity contribution in [2.75, 3.05) is 21.7 Å². The Morgan fingerprint density at radius 2 is 0.879 bits per heavy atom. The van der Waals surface area contributed by atoms with Crippen LogP contribution in [-0.4, -0.2) is 53.3 Å². The summed E-state index contributed by atoms with van der Waals surface area (Å²) < 4.78 is 70.5. The predicted octanol–water partition coefficient (Wildman–Crippen LogP) is 10.1. The predicted molar refractivity (Wildman–Crippen MR) is 231 cm³/mol. The number of aryl methyl sites for hydroxylation is 2. The molecule has 10 rings (SSSR count). The molecule has 8 nitrogen and oxygen atoms in total. The molecule has 300 valence electrons. The van der Waals surface area contributed by atoms with Gasteiger partial charge in [-0.15, -0.1) is 0 Å². The number of fused-ring (bicyclic) bond motifs is 4. The van der Waals surface area contributed by atoms with E-state index in [4.69, 9.17) is 9.47 Å². The van der Waals surface area contributed by atoms with E-state index in [0.29, 0.717) is 22.9 Å². The van der Waals surface area contributed by atoms with Gasteiger partial charge in [0, 0.05) is 10.8 Å². The minimum absolute atomic E-state index is 0.182. The van der Waals surface area contributed by atoms with Gasteiger partial charge in [0.15, 0.2) is 0 Å². The highest BCUT2D eigenvalue weighted by molar-refractivity contribution is 7.93. The zero-order valence-corrected chi connectivity index (χ0v) is 34.7. The number of rotatable bonds is 10. The average molecular weight is 815 g/mol. The van der Waals surface area contributed by atoms with Crippen LogP contribution in [0.1, 0.15) is 62.5 Å². The Bertz CT molecular complexity index is 2490. The molecule has 2 aliphatic heterocycles. The highest BCUT2D eigenvalue weighted by Crippen LogP contribution is 2.51. The van der Waals surface area contributed by atoms with Crippen molar-refractivity contribution in [1.82, 2.24) is 0 Å². The molecule has 0 radical (unpaired) electrons. The van der Waals surface area contributed by atoms with Crippen LogP contribution in [0, 0.1) is 13.8 Å². The summed E-state index contributed by atoms with van der Waals surface area (Å²) in [6, 6.07) is 41.8. The summed E-state index contributed by atoms with van der Waals surface area (Å²) in [4.78, 5) is 0.640. The third-order valence-corrected chi connectivity index (χ3v) is 16.1. The largest absolute Gasteiger partial charge is 0.364 e. The first-order valence-corrected chi connectivity index (χ1v) is 23.4. The lowest BCUT2D eigenvalue weighted by Crippen LogP contribution is -2.41. The zero-order valence-electron chi connectivity index (χ0n) is 33.1. The first kappa shape index (κ1) is 38.8. The second-order valence-corrected chi connectivity index (χ2v) is 20.2. The van der Waals surface area contributed by atoms with Crippen molar-refractivity contribution in [3.8, 4) is 0 Å². The SMILES string of the molecule is Cc1ccc(S(=O)(=O)N(C[C@]23CCCC[C@H]2O3)c2cccc3ccccc23)cc1.Cc1ccc(S(=O)(=O)N(C[C@]23CCCC[C@H]2O3)c2cccc3ccccc23)cc1. The monoisotopic (exact) mass is 814 g/mol. The Morgan fingerprint density at radius 3 is 1.28 bits per heavy atom. The van der Waals surface area contributed by atoms with Crippen LogP contribution in [0.2, 0.25) is 0 Å².